The minimum Gasteiger partial charge on any atom is -0.478 e. The summed E-state index contributed by atoms with van der Waals surface area (Å²) in [6.45, 7) is 6.81. The number of rotatable bonds is 5. The zero-order valence-electron chi connectivity index (χ0n) is 16.3. The van der Waals surface area contributed by atoms with Crippen LogP contribution in [0.25, 0.3) is 0 Å². The van der Waals surface area contributed by atoms with Gasteiger partial charge >= 0.3 is 5.97 Å². The van der Waals surface area contributed by atoms with Gasteiger partial charge in [0, 0.05) is 31.9 Å². The van der Waals surface area contributed by atoms with Crippen molar-refractivity contribution in [3.8, 4) is 0 Å². The van der Waals surface area contributed by atoms with Crippen LogP contribution in [0.3, 0.4) is 0 Å². The van der Waals surface area contributed by atoms with Crippen molar-refractivity contribution in [3.05, 3.63) is 53.1 Å². The van der Waals surface area contributed by atoms with Gasteiger partial charge in [0.05, 0.1) is 16.1 Å². The first-order valence-electron chi connectivity index (χ1n) is 9.08. The van der Waals surface area contributed by atoms with E-state index in [0.717, 1.165) is 37.3 Å². The molecule has 1 aliphatic heterocycles. The van der Waals surface area contributed by atoms with Crippen molar-refractivity contribution in [3.63, 3.8) is 0 Å². The van der Waals surface area contributed by atoms with Crippen LogP contribution in [0.4, 0.5) is 11.4 Å². The van der Waals surface area contributed by atoms with E-state index in [-0.39, 0.29) is 16.1 Å². The van der Waals surface area contributed by atoms with Crippen molar-refractivity contribution in [2.45, 2.75) is 18.7 Å². The van der Waals surface area contributed by atoms with Gasteiger partial charge in [-0.05, 0) is 62.4 Å². The standard InChI is InChI=1S/C20H25N3O4S/c1-14-10-15(2)12-17(11-14)28(26,27)21-16-4-5-19(18(13-16)20(24)25)23-8-6-22(3)7-9-23/h4-5,10-13,21H,6-9H2,1-3H3,(H,24,25). The number of hydrogen-bond donors (Lipinski definition) is 2. The Morgan fingerprint density at radius 2 is 1.61 bits per heavy atom. The van der Waals surface area contributed by atoms with Gasteiger partial charge in [0.15, 0.2) is 0 Å². The molecule has 0 radical (unpaired) electrons. The lowest BCUT2D eigenvalue weighted by molar-refractivity contribution is 0.0697. The van der Waals surface area contributed by atoms with Gasteiger partial charge in [0.2, 0.25) is 0 Å². The Morgan fingerprint density at radius 3 is 2.18 bits per heavy atom. The van der Waals surface area contributed by atoms with Crippen LogP contribution in [0.5, 0.6) is 0 Å². The SMILES string of the molecule is Cc1cc(C)cc(S(=O)(=O)Nc2ccc(N3CCN(C)CC3)c(C(=O)O)c2)c1. The van der Waals surface area contributed by atoms with E-state index in [9.17, 15) is 18.3 Å². The van der Waals surface area contributed by atoms with Crippen LogP contribution < -0.4 is 9.62 Å². The van der Waals surface area contributed by atoms with Gasteiger partial charge in [-0.2, -0.15) is 0 Å². The highest BCUT2D eigenvalue weighted by molar-refractivity contribution is 7.92. The van der Waals surface area contributed by atoms with Crippen LogP contribution in [-0.4, -0.2) is 57.6 Å². The summed E-state index contributed by atoms with van der Waals surface area (Å²) in [5, 5.41) is 9.65. The highest BCUT2D eigenvalue weighted by Gasteiger charge is 2.22. The molecule has 0 spiro atoms. The predicted octanol–water partition coefficient (Wildman–Crippen LogP) is 2.55. The van der Waals surface area contributed by atoms with Crippen LogP contribution in [-0.2, 0) is 10.0 Å². The second kappa shape index (κ2) is 7.81. The second-order valence-corrected chi connectivity index (χ2v) is 8.94. The molecule has 0 amide bonds. The number of aryl methyl sites for hydroxylation is 2. The maximum Gasteiger partial charge on any atom is 0.337 e. The zero-order chi connectivity index (χ0) is 20.5. The number of piperazine rings is 1. The van der Waals surface area contributed by atoms with Crippen LogP contribution in [0, 0.1) is 13.8 Å². The number of benzene rings is 2. The van der Waals surface area contributed by atoms with E-state index >= 15 is 0 Å². The Labute approximate surface area is 165 Å². The number of aromatic carboxylic acids is 1. The lowest BCUT2D eigenvalue weighted by Crippen LogP contribution is -2.45. The summed E-state index contributed by atoms with van der Waals surface area (Å²) in [4.78, 5) is 16.2. The number of sulfonamides is 1. The molecule has 2 N–H and O–H groups in total. The van der Waals surface area contributed by atoms with Crippen molar-refractivity contribution in [2.75, 3.05) is 42.8 Å². The third-order valence-corrected chi connectivity index (χ3v) is 6.19. The monoisotopic (exact) mass is 403 g/mol. The fourth-order valence-electron chi connectivity index (χ4n) is 3.40. The summed E-state index contributed by atoms with van der Waals surface area (Å²) < 4.78 is 28.0. The van der Waals surface area contributed by atoms with E-state index in [1.807, 2.05) is 31.9 Å². The molecule has 3 rings (SSSR count). The van der Waals surface area contributed by atoms with Crippen LogP contribution >= 0.6 is 0 Å². The van der Waals surface area contributed by atoms with Crippen molar-refractivity contribution >= 4 is 27.4 Å². The number of carbonyl (C=O) groups is 1. The molecule has 0 atom stereocenters. The van der Waals surface area contributed by atoms with Crippen molar-refractivity contribution in [1.82, 2.24) is 4.90 Å². The van der Waals surface area contributed by atoms with E-state index in [0.29, 0.717) is 5.69 Å². The number of nitrogens with zero attached hydrogens (tertiary/aromatic N) is 2. The molecule has 0 saturated carbocycles. The molecule has 1 heterocycles. The van der Waals surface area contributed by atoms with E-state index < -0.39 is 16.0 Å². The Hall–Kier alpha value is -2.58. The average molecular weight is 404 g/mol. The number of carboxylic acid groups (broad SMARTS) is 1. The predicted molar refractivity (Wildman–Crippen MR) is 110 cm³/mol. The van der Waals surface area contributed by atoms with E-state index in [1.54, 1.807) is 24.3 Å². The van der Waals surface area contributed by atoms with Crippen LogP contribution in [0.2, 0.25) is 0 Å². The maximum absolute atomic E-state index is 12.7. The quantitative estimate of drug-likeness (QED) is 0.798. The molecule has 0 aromatic heterocycles. The molecule has 0 unspecified atom stereocenters. The molecule has 1 fully saturated rings. The molecule has 1 aliphatic rings. The molecule has 28 heavy (non-hydrogen) atoms. The smallest absolute Gasteiger partial charge is 0.337 e. The van der Waals surface area contributed by atoms with Crippen LogP contribution in [0.1, 0.15) is 21.5 Å². The molecule has 0 bridgehead atoms. The molecular weight excluding hydrogens is 378 g/mol. The Bertz CT molecular complexity index is 976. The minimum absolute atomic E-state index is 0.0881. The fourth-order valence-corrected chi connectivity index (χ4v) is 4.63. The highest BCUT2D eigenvalue weighted by atomic mass is 32.2. The lowest BCUT2D eigenvalue weighted by atomic mass is 10.1. The number of hydrogen-bond acceptors (Lipinski definition) is 5. The van der Waals surface area contributed by atoms with E-state index in [2.05, 4.69) is 9.62 Å². The summed E-state index contributed by atoms with van der Waals surface area (Å²) >= 11 is 0. The number of likely N-dealkylation sites (N-methyl/N-ethyl adjacent to an activating group) is 1. The maximum atomic E-state index is 12.7. The Kier molecular flexibility index (Phi) is 5.62. The molecule has 7 nitrogen and oxygen atoms in total. The molecule has 150 valence electrons. The van der Waals surface area contributed by atoms with Crippen molar-refractivity contribution < 1.29 is 18.3 Å². The number of nitrogens with one attached hydrogen (secondary N) is 1. The largest absolute Gasteiger partial charge is 0.478 e. The molecule has 0 aliphatic carbocycles. The van der Waals surface area contributed by atoms with Gasteiger partial charge in [0.1, 0.15) is 0 Å². The van der Waals surface area contributed by atoms with Gasteiger partial charge in [-0.25, -0.2) is 13.2 Å². The minimum atomic E-state index is -3.81. The molecule has 2 aromatic carbocycles. The fraction of sp³-hybridized carbons (Fsp3) is 0.350. The van der Waals surface area contributed by atoms with Gasteiger partial charge in [0.25, 0.3) is 10.0 Å². The van der Waals surface area contributed by atoms with Gasteiger partial charge in [-0.3, -0.25) is 4.72 Å². The Balaban J connectivity index is 1.90. The van der Waals surface area contributed by atoms with Gasteiger partial charge in [-0.1, -0.05) is 6.07 Å². The summed E-state index contributed by atoms with van der Waals surface area (Å²) in [6, 6.07) is 9.75. The van der Waals surface area contributed by atoms with Gasteiger partial charge < -0.3 is 14.9 Å². The highest BCUT2D eigenvalue weighted by Crippen LogP contribution is 2.27. The zero-order valence-corrected chi connectivity index (χ0v) is 17.1. The third kappa shape index (κ3) is 4.45. The summed E-state index contributed by atoms with van der Waals surface area (Å²) in [7, 11) is -1.78. The Morgan fingerprint density at radius 1 is 1.00 bits per heavy atom. The van der Waals surface area contributed by atoms with Gasteiger partial charge in [-0.15, -0.1) is 0 Å². The van der Waals surface area contributed by atoms with Crippen molar-refractivity contribution in [1.29, 1.82) is 0 Å². The molecular formula is C20H25N3O4S. The molecule has 8 heteroatoms. The second-order valence-electron chi connectivity index (χ2n) is 7.26. The first-order valence-corrected chi connectivity index (χ1v) is 10.6. The van der Waals surface area contributed by atoms with E-state index in [1.165, 1.54) is 6.07 Å². The number of anilines is 2. The normalized spacial score (nSPS) is 15.5. The lowest BCUT2D eigenvalue weighted by Gasteiger charge is -2.34. The van der Waals surface area contributed by atoms with E-state index in [4.69, 9.17) is 0 Å². The summed E-state index contributed by atoms with van der Waals surface area (Å²) in [5.41, 5.74) is 2.61. The molecule has 2 aromatic rings. The average Bonchev–Trinajstić information content (AvgIpc) is 2.61. The van der Waals surface area contributed by atoms with Crippen molar-refractivity contribution in [2.24, 2.45) is 0 Å². The molecule has 1 saturated heterocycles. The first-order chi connectivity index (χ1) is 13.2. The summed E-state index contributed by atoms with van der Waals surface area (Å²) in [5.74, 6) is -1.08. The first kappa shape index (κ1) is 20.2. The number of carboxylic acids is 1. The van der Waals surface area contributed by atoms with Crippen LogP contribution in [0.15, 0.2) is 41.3 Å². The third-order valence-electron chi connectivity index (χ3n) is 4.83. The topological polar surface area (TPSA) is 90.0 Å². The summed E-state index contributed by atoms with van der Waals surface area (Å²) in [6.07, 6.45) is 0.